The quantitative estimate of drug-likeness (QED) is 0.113. The van der Waals surface area contributed by atoms with Crippen LogP contribution in [-0.4, -0.2) is 52.6 Å². The minimum absolute atomic E-state index is 0. The molecule has 0 spiro atoms. The van der Waals surface area contributed by atoms with E-state index in [9.17, 15) is 24.0 Å². The minimum atomic E-state index is -0.795. The molecule has 1 aromatic carbocycles. The van der Waals surface area contributed by atoms with Crippen molar-refractivity contribution in [3.05, 3.63) is 69.5 Å². The Morgan fingerprint density at radius 1 is 0.878 bits per heavy atom. The second-order valence-corrected chi connectivity index (χ2v) is 10.8. The fraction of sp³-hybridized carbons (Fsp3) is 0.564. The van der Waals surface area contributed by atoms with Crippen molar-refractivity contribution in [2.24, 2.45) is 5.92 Å². The number of hydrogen-bond donors (Lipinski definition) is 3. The smallest absolute Gasteiger partial charge is 0.520 e. The first-order chi connectivity index (χ1) is 22.1. The van der Waals surface area contributed by atoms with Crippen molar-refractivity contribution in [2.45, 2.75) is 140 Å². The number of imide groups is 1. The second kappa shape index (κ2) is 40.3. The minimum Gasteiger partial charge on any atom is -0.520 e. The Hall–Kier alpha value is -2.11. The number of nitrogens with one attached hydrogen (secondary N) is 3. The van der Waals surface area contributed by atoms with Crippen molar-refractivity contribution in [1.29, 1.82) is 0 Å². The van der Waals surface area contributed by atoms with Crippen molar-refractivity contribution in [3.8, 4) is 0 Å². The molecule has 280 valence electrons. The van der Waals surface area contributed by atoms with E-state index in [4.69, 9.17) is 0 Å². The molecule has 0 aliphatic heterocycles. The third-order valence-electron chi connectivity index (χ3n) is 5.09. The van der Waals surface area contributed by atoms with Gasteiger partial charge in [-0.1, -0.05) is 146 Å². The molecule has 0 fully saturated rings. The number of hydrogen-bond acceptors (Lipinski definition) is 5. The molecule has 10 heteroatoms. The molecular formula is C39H71KN4O5-2. The van der Waals surface area contributed by atoms with Gasteiger partial charge in [-0.25, -0.2) is 0 Å². The maximum Gasteiger partial charge on any atom is 1.00 e. The third kappa shape index (κ3) is 32.8. The van der Waals surface area contributed by atoms with Crippen LogP contribution in [0, 0.1) is 27.2 Å². The molecule has 0 bridgehead atoms. The summed E-state index contributed by atoms with van der Waals surface area (Å²) in [5.41, 5.74) is 0.986. The molecule has 0 saturated heterocycles. The van der Waals surface area contributed by atoms with Crippen LogP contribution in [0.15, 0.2) is 49.6 Å². The summed E-state index contributed by atoms with van der Waals surface area (Å²) in [5, 5.41) is 7.91. The van der Waals surface area contributed by atoms with Gasteiger partial charge in [-0.2, -0.15) is 6.41 Å². The summed E-state index contributed by atoms with van der Waals surface area (Å²) in [6.07, 6.45) is 7.46. The van der Waals surface area contributed by atoms with E-state index in [1.807, 2.05) is 79.7 Å². The van der Waals surface area contributed by atoms with Crippen LogP contribution >= 0.6 is 0 Å². The molecule has 9 nitrogen and oxygen atoms in total. The van der Waals surface area contributed by atoms with Gasteiger partial charge in [0.15, 0.2) is 0 Å². The van der Waals surface area contributed by atoms with Crippen molar-refractivity contribution >= 4 is 35.7 Å². The molecule has 0 radical (unpaired) electrons. The van der Waals surface area contributed by atoms with Gasteiger partial charge in [-0.15, -0.1) is 0 Å². The van der Waals surface area contributed by atoms with Crippen LogP contribution in [0.2, 0.25) is 0 Å². The van der Waals surface area contributed by atoms with Crippen LogP contribution in [0.25, 0.3) is 0 Å². The van der Waals surface area contributed by atoms with Gasteiger partial charge >= 0.3 is 51.4 Å². The maximum absolute atomic E-state index is 12.4. The fourth-order valence-corrected chi connectivity index (χ4v) is 3.17. The Bertz CT molecular complexity index is 968. The first kappa shape index (κ1) is 62.1. The van der Waals surface area contributed by atoms with E-state index in [1.165, 1.54) is 12.8 Å². The molecule has 1 rings (SSSR count). The van der Waals surface area contributed by atoms with Crippen LogP contribution in [0.1, 0.15) is 121 Å². The molecule has 0 heterocycles. The molecule has 0 aliphatic rings. The third-order valence-corrected chi connectivity index (χ3v) is 5.09. The van der Waals surface area contributed by atoms with E-state index in [2.05, 4.69) is 63.7 Å². The van der Waals surface area contributed by atoms with E-state index in [1.54, 1.807) is 20.3 Å². The molecule has 1 aromatic rings. The Labute approximate surface area is 344 Å². The van der Waals surface area contributed by atoms with Gasteiger partial charge in [0.2, 0.25) is 11.8 Å². The summed E-state index contributed by atoms with van der Waals surface area (Å²) in [4.78, 5) is 58.8. The van der Waals surface area contributed by atoms with Gasteiger partial charge in [0.25, 0.3) is 11.8 Å². The number of benzene rings is 1. The normalized spacial score (nSPS) is 10.1. The maximum atomic E-state index is 12.4. The van der Waals surface area contributed by atoms with Gasteiger partial charge in [-0.3, -0.25) is 19.2 Å². The van der Waals surface area contributed by atoms with Crippen LogP contribution in [0.4, 0.5) is 5.69 Å². The zero-order valence-corrected chi connectivity index (χ0v) is 37.3. The van der Waals surface area contributed by atoms with E-state index < -0.39 is 29.4 Å². The Balaban J connectivity index is -0.000000120. The first-order valence-electron chi connectivity index (χ1n) is 16.8. The SMILES string of the molecule is C=CC(=O)N(C(=O)C=C)C([CH2-])(C)C.CC.CC.CCC.CCC.CCC[C@H](NC(=O)C(N[C-]=O)C(C)C)C(=O)Nc1ccc(C)cc1.[CH3-].[K+]. The fourth-order valence-electron chi connectivity index (χ4n) is 3.17. The zero-order chi connectivity index (χ0) is 38.2. The predicted molar refractivity (Wildman–Crippen MR) is 207 cm³/mol. The summed E-state index contributed by atoms with van der Waals surface area (Å²) in [6, 6.07) is 6.08. The molecule has 1 unspecified atom stereocenters. The molecule has 0 saturated carbocycles. The van der Waals surface area contributed by atoms with Gasteiger partial charge in [0.05, 0.1) is 6.04 Å². The number of amides is 5. The van der Waals surface area contributed by atoms with Crippen molar-refractivity contribution in [2.75, 3.05) is 5.32 Å². The monoisotopic (exact) mass is 715 g/mol. The van der Waals surface area contributed by atoms with Crippen molar-refractivity contribution < 1.29 is 75.4 Å². The van der Waals surface area contributed by atoms with Crippen LogP contribution in [0.5, 0.6) is 0 Å². The molecule has 5 amide bonds. The number of aryl methyl sites for hydroxylation is 1. The number of nitrogens with zero attached hydrogens (tertiary/aromatic N) is 1. The number of anilines is 1. The Morgan fingerprint density at radius 2 is 1.27 bits per heavy atom. The molecule has 0 aromatic heterocycles. The second-order valence-electron chi connectivity index (χ2n) is 10.8. The van der Waals surface area contributed by atoms with Gasteiger partial charge in [0.1, 0.15) is 6.04 Å². The summed E-state index contributed by atoms with van der Waals surface area (Å²) < 4.78 is 0. The number of rotatable bonds is 12. The molecular weight excluding hydrogens is 644 g/mol. The standard InChI is InChI=1S/C18H26N3O3.C10H14NO2.2C3H8.2C2H6.CH3.K/c1-5-6-15(21-18(24)16(12(2)3)19-11-22)17(23)20-14-9-7-13(4)8-10-14;1-6-8(12)11(9(13)7-2)10(3,4)5;2*1-3-2;2*1-2;;/h7-10,12,15-16H,5-6H2,1-4H3,(H,19,22)(H,20,23)(H,21,24);6-7H,1-3H2,4-5H3;2*3H2,1-2H3;2*1-2H3;1H3;/q2*-1;;;;;-1;+1/t15-,16?;;;;;;;/m0......./s1. The van der Waals surface area contributed by atoms with E-state index >= 15 is 0 Å². The molecule has 0 aliphatic carbocycles. The summed E-state index contributed by atoms with van der Waals surface area (Å²) in [6.45, 7) is 37.7. The van der Waals surface area contributed by atoms with Gasteiger partial charge in [0, 0.05) is 5.69 Å². The Morgan fingerprint density at radius 3 is 1.55 bits per heavy atom. The summed E-state index contributed by atoms with van der Waals surface area (Å²) >= 11 is 0. The molecule has 3 N–H and O–H groups in total. The summed E-state index contributed by atoms with van der Waals surface area (Å²) in [7, 11) is 0. The average Bonchev–Trinajstić information content (AvgIpc) is 3.02. The average molecular weight is 715 g/mol. The predicted octanol–water partition coefficient (Wildman–Crippen LogP) is 5.57. The largest absolute Gasteiger partial charge is 1.00 e. The topological polar surface area (TPSA) is 125 Å². The van der Waals surface area contributed by atoms with E-state index in [0.29, 0.717) is 12.1 Å². The molecule has 49 heavy (non-hydrogen) atoms. The summed E-state index contributed by atoms with van der Waals surface area (Å²) in [5.74, 6) is -1.69. The Kier molecular flexibility index (Phi) is 51.1. The van der Waals surface area contributed by atoms with Gasteiger partial charge in [-0.05, 0) is 43.5 Å². The van der Waals surface area contributed by atoms with Crippen molar-refractivity contribution in [1.82, 2.24) is 15.5 Å². The van der Waals surface area contributed by atoms with Crippen LogP contribution < -0.4 is 67.3 Å². The van der Waals surface area contributed by atoms with Crippen LogP contribution in [-0.2, 0) is 24.0 Å². The van der Waals surface area contributed by atoms with Crippen molar-refractivity contribution in [3.63, 3.8) is 0 Å². The zero-order valence-electron chi connectivity index (χ0n) is 34.1. The first-order valence-corrected chi connectivity index (χ1v) is 16.8. The van der Waals surface area contributed by atoms with E-state index in [0.717, 1.165) is 29.0 Å². The molecule has 2 atom stereocenters. The van der Waals surface area contributed by atoms with E-state index in [-0.39, 0.29) is 76.5 Å². The van der Waals surface area contributed by atoms with Crippen LogP contribution in [0.3, 0.4) is 0 Å². The number of carbonyl (C=O) groups excluding carboxylic acids is 5. The number of carbonyl (C=O) groups is 4. The van der Waals surface area contributed by atoms with Gasteiger partial charge < -0.3 is 40.0 Å².